The Kier molecular flexibility index (Phi) is 3.65. The van der Waals surface area contributed by atoms with E-state index in [1.165, 1.54) is 32.1 Å². The van der Waals surface area contributed by atoms with E-state index in [1.807, 2.05) is 6.92 Å². The second-order valence-electron chi connectivity index (χ2n) is 7.10. The van der Waals surface area contributed by atoms with E-state index in [0.717, 1.165) is 30.3 Å². The predicted molar refractivity (Wildman–Crippen MR) is 83.6 cm³/mol. The summed E-state index contributed by atoms with van der Waals surface area (Å²) in [5.74, 6) is 2.58. The Labute approximate surface area is 126 Å². The first-order chi connectivity index (χ1) is 9.46. The minimum Gasteiger partial charge on any atom is -0.356 e. The van der Waals surface area contributed by atoms with Gasteiger partial charge in [0.15, 0.2) is 0 Å². The van der Waals surface area contributed by atoms with Gasteiger partial charge in [0.05, 0.1) is 0 Å². The number of hydrogen-bond donors (Lipinski definition) is 0. The molecule has 0 radical (unpaired) electrons. The first-order valence-electron chi connectivity index (χ1n) is 7.75. The molecule has 4 heteroatoms. The molecular weight excluding hydrogens is 270 g/mol. The van der Waals surface area contributed by atoms with Crippen molar-refractivity contribution in [2.75, 3.05) is 18.0 Å². The SMILES string of the molecule is Cc1c(Cl)nc(C2CC2)nc1N1CCCC(C)(C)CC1. The molecule has 1 saturated heterocycles. The number of hydrogen-bond acceptors (Lipinski definition) is 3. The van der Waals surface area contributed by atoms with Crippen LogP contribution in [0.2, 0.25) is 5.15 Å². The van der Waals surface area contributed by atoms with Crippen LogP contribution in [0.5, 0.6) is 0 Å². The van der Waals surface area contributed by atoms with Gasteiger partial charge >= 0.3 is 0 Å². The molecule has 20 heavy (non-hydrogen) atoms. The molecule has 3 nitrogen and oxygen atoms in total. The molecule has 110 valence electrons. The number of nitrogens with zero attached hydrogens (tertiary/aromatic N) is 3. The maximum atomic E-state index is 6.33. The summed E-state index contributed by atoms with van der Waals surface area (Å²) in [6, 6.07) is 0. The molecule has 2 fully saturated rings. The Morgan fingerprint density at radius 1 is 1.15 bits per heavy atom. The Morgan fingerprint density at radius 3 is 2.60 bits per heavy atom. The molecule has 1 aromatic rings. The number of anilines is 1. The van der Waals surface area contributed by atoms with Crippen molar-refractivity contribution in [3.8, 4) is 0 Å². The minimum absolute atomic E-state index is 0.443. The zero-order valence-corrected chi connectivity index (χ0v) is 13.5. The Balaban J connectivity index is 1.88. The maximum absolute atomic E-state index is 6.33. The molecule has 1 aromatic heterocycles. The third-order valence-electron chi connectivity index (χ3n) is 4.66. The molecule has 0 bridgehead atoms. The van der Waals surface area contributed by atoms with Crippen LogP contribution in [-0.2, 0) is 0 Å². The molecule has 1 saturated carbocycles. The Bertz CT molecular complexity index is 509. The standard InChI is InChI=1S/C16H24ClN3/c1-11-13(17)18-14(12-5-6-12)19-15(11)20-9-4-7-16(2,3)8-10-20/h12H,4-10H2,1-3H3. The summed E-state index contributed by atoms with van der Waals surface area (Å²) in [5.41, 5.74) is 1.48. The predicted octanol–water partition coefficient (Wildman–Crippen LogP) is 4.33. The van der Waals surface area contributed by atoms with Gasteiger partial charge in [0.1, 0.15) is 16.8 Å². The molecule has 1 aliphatic heterocycles. The van der Waals surface area contributed by atoms with E-state index in [2.05, 4.69) is 23.7 Å². The highest BCUT2D eigenvalue weighted by molar-refractivity contribution is 6.30. The van der Waals surface area contributed by atoms with Crippen molar-refractivity contribution in [2.45, 2.75) is 58.8 Å². The molecule has 1 aliphatic carbocycles. The van der Waals surface area contributed by atoms with Gasteiger partial charge in [0, 0.05) is 24.6 Å². The molecule has 0 atom stereocenters. The van der Waals surface area contributed by atoms with Gasteiger partial charge in [0.2, 0.25) is 0 Å². The number of rotatable bonds is 2. The first-order valence-corrected chi connectivity index (χ1v) is 8.13. The summed E-state index contributed by atoms with van der Waals surface area (Å²) >= 11 is 6.33. The lowest BCUT2D eigenvalue weighted by molar-refractivity contribution is 0.325. The number of aromatic nitrogens is 2. The summed E-state index contributed by atoms with van der Waals surface area (Å²) in [6.45, 7) is 8.94. The van der Waals surface area contributed by atoms with Gasteiger partial charge in [0.25, 0.3) is 0 Å². The largest absolute Gasteiger partial charge is 0.356 e. The number of halogens is 1. The van der Waals surface area contributed by atoms with Gasteiger partial charge < -0.3 is 4.90 Å². The van der Waals surface area contributed by atoms with E-state index in [9.17, 15) is 0 Å². The molecule has 0 N–H and O–H groups in total. The van der Waals surface area contributed by atoms with Crippen LogP contribution in [0.15, 0.2) is 0 Å². The maximum Gasteiger partial charge on any atom is 0.137 e. The third-order valence-corrected chi connectivity index (χ3v) is 5.03. The second-order valence-corrected chi connectivity index (χ2v) is 7.46. The molecule has 0 unspecified atom stereocenters. The van der Waals surface area contributed by atoms with E-state index in [-0.39, 0.29) is 0 Å². The van der Waals surface area contributed by atoms with Crippen LogP contribution >= 0.6 is 11.6 Å². The van der Waals surface area contributed by atoms with Gasteiger partial charge in [-0.2, -0.15) is 0 Å². The van der Waals surface area contributed by atoms with Crippen molar-refractivity contribution in [1.29, 1.82) is 0 Å². The lowest BCUT2D eigenvalue weighted by Crippen LogP contribution is -2.27. The molecule has 2 aliphatic rings. The average Bonchev–Trinajstić information content (AvgIpc) is 3.20. The van der Waals surface area contributed by atoms with Crippen molar-refractivity contribution in [1.82, 2.24) is 9.97 Å². The van der Waals surface area contributed by atoms with Gasteiger partial charge in [-0.1, -0.05) is 25.4 Å². The summed E-state index contributed by atoms with van der Waals surface area (Å²) in [6.07, 6.45) is 6.16. The van der Waals surface area contributed by atoms with Crippen LogP contribution in [0.3, 0.4) is 0 Å². The smallest absolute Gasteiger partial charge is 0.137 e. The lowest BCUT2D eigenvalue weighted by Gasteiger charge is -2.25. The Morgan fingerprint density at radius 2 is 1.90 bits per heavy atom. The van der Waals surface area contributed by atoms with Crippen LogP contribution in [0.1, 0.15) is 63.3 Å². The normalized spacial score (nSPS) is 22.7. The first kappa shape index (κ1) is 14.1. The fourth-order valence-electron chi connectivity index (χ4n) is 2.96. The van der Waals surface area contributed by atoms with Crippen LogP contribution < -0.4 is 4.90 Å². The van der Waals surface area contributed by atoms with Gasteiger partial charge in [-0.15, -0.1) is 0 Å². The van der Waals surface area contributed by atoms with E-state index >= 15 is 0 Å². The van der Waals surface area contributed by atoms with Gasteiger partial charge in [-0.25, -0.2) is 9.97 Å². The highest BCUT2D eigenvalue weighted by Crippen LogP contribution is 2.40. The molecule has 0 amide bonds. The lowest BCUT2D eigenvalue weighted by atomic mass is 9.85. The van der Waals surface area contributed by atoms with Crippen molar-refractivity contribution in [3.05, 3.63) is 16.5 Å². The molecule has 0 aromatic carbocycles. The van der Waals surface area contributed by atoms with Crippen molar-refractivity contribution in [3.63, 3.8) is 0 Å². The van der Waals surface area contributed by atoms with Crippen LogP contribution in [0.4, 0.5) is 5.82 Å². The highest BCUT2D eigenvalue weighted by atomic mass is 35.5. The Hall–Kier alpha value is -0.830. The van der Waals surface area contributed by atoms with Crippen LogP contribution in [0, 0.1) is 12.3 Å². The second kappa shape index (κ2) is 5.18. The zero-order chi connectivity index (χ0) is 14.3. The summed E-state index contributed by atoms with van der Waals surface area (Å²) in [4.78, 5) is 11.7. The molecule has 3 rings (SSSR count). The average molecular weight is 294 g/mol. The fraction of sp³-hybridized carbons (Fsp3) is 0.750. The van der Waals surface area contributed by atoms with Crippen molar-refractivity contribution in [2.24, 2.45) is 5.41 Å². The zero-order valence-electron chi connectivity index (χ0n) is 12.7. The van der Waals surface area contributed by atoms with Gasteiger partial charge in [-0.05, 0) is 44.4 Å². The quantitative estimate of drug-likeness (QED) is 0.760. The fourth-order valence-corrected chi connectivity index (χ4v) is 3.13. The third kappa shape index (κ3) is 2.93. The van der Waals surface area contributed by atoms with Crippen molar-refractivity contribution < 1.29 is 0 Å². The molecular formula is C16H24ClN3. The summed E-state index contributed by atoms with van der Waals surface area (Å²) < 4.78 is 0. The van der Waals surface area contributed by atoms with E-state index in [0.29, 0.717) is 16.5 Å². The van der Waals surface area contributed by atoms with E-state index in [4.69, 9.17) is 16.6 Å². The molecule has 2 heterocycles. The summed E-state index contributed by atoms with van der Waals surface area (Å²) in [7, 11) is 0. The van der Waals surface area contributed by atoms with Crippen LogP contribution in [0.25, 0.3) is 0 Å². The summed E-state index contributed by atoms with van der Waals surface area (Å²) in [5, 5.41) is 0.639. The van der Waals surface area contributed by atoms with Crippen LogP contribution in [-0.4, -0.2) is 23.1 Å². The van der Waals surface area contributed by atoms with E-state index < -0.39 is 0 Å². The topological polar surface area (TPSA) is 29.0 Å². The van der Waals surface area contributed by atoms with E-state index in [1.54, 1.807) is 0 Å². The molecule has 0 spiro atoms. The minimum atomic E-state index is 0.443. The monoisotopic (exact) mass is 293 g/mol. The highest BCUT2D eigenvalue weighted by Gasteiger charge is 2.30. The van der Waals surface area contributed by atoms with Crippen molar-refractivity contribution >= 4 is 17.4 Å². The van der Waals surface area contributed by atoms with Gasteiger partial charge in [-0.3, -0.25) is 0 Å².